The largest absolute Gasteiger partial charge is 0.387 e. The number of carbonyl (C=O) groups excluding carboxylic acids is 1. The zero-order valence-electron chi connectivity index (χ0n) is 11.0. The number of nitrogens with one attached hydrogen (secondary N) is 1. The first kappa shape index (κ1) is 12.8. The predicted molar refractivity (Wildman–Crippen MR) is 69.7 cm³/mol. The lowest BCUT2D eigenvalue weighted by atomic mass is 10.1. The van der Waals surface area contributed by atoms with Crippen molar-refractivity contribution in [2.24, 2.45) is 0 Å². The monoisotopic (exact) mass is 249 g/mol. The minimum absolute atomic E-state index is 0.0187. The quantitative estimate of drug-likeness (QED) is 0.879. The fraction of sp³-hybridized carbons (Fsp3) is 0.538. The van der Waals surface area contributed by atoms with E-state index in [1.54, 1.807) is 30.4 Å². The minimum Gasteiger partial charge on any atom is -0.387 e. The average Bonchev–Trinajstić information content (AvgIpc) is 2.83. The van der Waals surface area contributed by atoms with E-state index >= 15 is 0 Å². The van der Waals surface area contributed by atoms with Crippen molar-refractivity contribution in [3.05, 3.63) is 24.0 Å². The SMILES string of the molecule is CNc1ccncc1C(=O)N(C)C1CCOC1C. The van der Waals surface area contributed by atoms with Crippen molar-refractivity contribution in [1.82, 2.24) is 9.88 Å². The molecule has 0 aromatic carbocycles. The van der Waals surface area contributed by atoms with E-state index in [1.165, 1.54) is 0 Å². The summed E-state index contributed by atoms with van der Waals surface area (Å²) in [5.41, 5.74) is 1.40. The maximum Gasteiger partial charge on any atom is 0.257 e. The van der Waals surface area contributed by atoms with Gasteiger partial charge < -0.3 is 15.0 Å². The first-order valence-corrected chi connectivity index (χ1v) is 6.15. The van der Waals surface area contributed by atoms with E-state index in [9.17, 15) is 4.79 Å². The lowest BCUT2D eigenvalue weighted by Crippen LogP contribution is -2.41. The number of hydrogen-bond donors (Lipinski definition) is 1. The number of amides is 1. The van der Waals surface area contributed by atoms with Crippen LogP contribution in [0.15, 0.2) is 18.5 Å². The van der Waals surface area contributed by atoms with E-state index in [2.05, 4.69) is 10.3 Å². The third kappa shape index (κ3) is 2.31. The van der Waals surface area contributed by atoms with Crippen LogP contribution in [0.1, 0.15) is 23.7 Å². The second-order valence-electron chi connectivity index (χ2n) is 4.52. The molecule has 0 aliphatic carbocycles. The minimum atomic E-state index is -0.0187. The Hall–Kier alpha value is -1.62. The Labute approximate surface area is 107 Å². The van der Waals surface area contributed by atoms with Gasteiger partial charge in [0, 0.05) is 38.8 Å². The Balaban J connectivity index is 2.20. The summed E-state index contributed by atoms with van der Waals surface area (Å²) in [6.07, 6.45) is 4.25. The molecule has 5 heteroatoms. The number of carbonyl (C=O) groups is 1. The Morgan fingerprint density at radius 2 is 2.39 bits per heavy atom. The van der Waals surface area contributed by atoms with E-state index in [0.29, 0.717) is 5.56 Å². The van der Waals surface area contributed by atoms with Crippen LogP contribution >= 0.6 is 0 Å². The number of nitrogens with zero attached hydrogens (tertiary/aromatic N) is 2. The van der Waals surface area contributed by atoms with E-state index < -0.39 is 0 Å². The molecule has 0 spiro atoms. The molecule has 18 heavy (non-hydrogen) atoms. The summed E-state index contributed by atoms with van der Waals surface area (Å²) in [5, 5.41) is 3.01. The Kier molecular flexibility index (Phi) is 3.81. The van der Waals surface area contributed by atoms with Gasteiger partial charge in [0.2, 0.25) is 0 Å². The van der Waals surface area contributed by atoms with Crippen molar-refractivity contribution in [3.8, 4) is 0 Å². The molecule has 1 N–H and O–H groups in total. The Bertz CT molecular complexity index is 436. The van der Waals surface area contributed by atoms with Gasteiger partial charge in [0.05, 0.1) is 17.7 Å². The van der Waals surface area contributed by atoms with Crippen molar-refractivity contribution >= 4 is 11.6 Å². The van der Waals surface area contributed by atoms with Crippen molar-refractivity contribution in [2.75, 3.05) is 26.0 Å². The fourth-order valence-corrected chi connectivity index (χ4v) is 2.35. The maximum absolute atomic E-state index is 12.4. The number of ether oxygens (including phenoxy) is 1. The number of hydrogen-bond acceptors (Lipinski definition) is 4. The summed E-state index contributed by atoms with van der Waals surface area (Å²) in [6, 6.07) is 1.94. The number of likely N-dealkylation sites (N-methyl/N-ethyl adjacent to an activating group) is 1. The molecule has 1 saturated heterocycles. The van der Waals surface area contributed by atoms with Crippen LogP contribution in [0.25, 0.3) is 0 Å². The number of rotatable bonds is 3. The molecule has 1 fully saturated rings. The van der Waals surface area contributed by atoms with Gasteiger partial charge in [-0.05, 0) is 19.4 Å². The average molecular weight is 249 g/mol. The molecule has 2 rings (SSSR count). The van der Waals surface area contributed by atoms with Gasteiger partial charge >= 0.3 is 0 Å². The molecule has 0 bridgehead atoms. The summed E-state index contributed by atoms with van der Waals surface area (Å²) in [4.78, 5) is 18.2. The number of aromatic nitrogens is 1. The zero-order chi connectivity index (χ0) is 13.1. The van der Waals surface area contributed by atoms with Gasteiger partial charge in [-0.1, -0.05) is 0 Å². The molecule has 1 aliphatic heterocycles. The lowest BCUT2D eigenvalue weighted by Gasteiger charge is -2.27. The molecule has 1 aromatic rings. The highest BCUT2D eigenvalue weighted by atomic mass is 16.5. The van der Waals surface area contributed by atoms with E-state index in [4.69, 9.17) is 4.74 Å². The highest BCUT2D eigenvalue weighted by molar-refractivity contribution is 5.99. The molecule has 1 amide bonds. The summed E-state index contributed by atoms with van der Waals surface area (Å²) >= 11 is 0. The number of anilines is 1. The zero-order valence-corrected chi connectivity index (χ0v) is 11.0. The van der Waals surface area contributed by atoms with Crippen LogP contribution in [-0.4, -0.2) is 48.6 Å². The number of pyridine rings is 1. The maximum atomic E-state index is 12.4. The molecular weight excluding hydrogens is 230 g/mol. The van der Waals surface area contributed by atoms with Crippen LogP contribution in [0.4, 0.5) is 5.69 Å². The highest BCUT2D eigenvalue weighted by Crippen LogP contribution is 2.22. The predicted octanol–water partition coefficient (Wildman–Crippen LogP) is 1.37. The van der Waals surface area contributed by atoms with Crippen LogP contribution in [0.5, 0.6) is 0 Å². The lowest BCUT2D eigenvalue weighted by molar-refractivity contribution is 0.0575. The van der Waals surface area contributed by atoms with Crippen LogP contribution in [0, 0.1) is 0 Å². The van der Waals surface area contributed by atoms with Gasteiger partial charge in [-0.2, -0.15) is 0 Å². The summed E-state index contributed by atoms with van der Waals surface area (Å²) in [5.74, 6) is -0.0187. The van der Waals surface area contributed by atoms with Gasteiger partial charge in [0.1, 0.15) is 0 Å². The second kappa shape index (κ2) is 5.35. The first-order chi connectivity index (χ1) is 8.65. The standard InChI is InChI=1S/C13H19N3O2/c1-9-12(5-7-18-9)16(3)13(17)10-8-15-6-4-11(10)14-2/h4,6,8-9,12H,5,7H2,1-3H3,(H,14,15). The molecule has 2 heterocycles. The normalized spacial score (nSPS) is 22.8. The van der Waals surface area contributed by atoms with Crippen molar-refractivity contribution in [3.63, 3.8) is 0 Å². The molecule has 0 saturated carbocycles. The molecule has 98 valence electrons. The van der Waals surface area contributed by atoms with Gasteiger partial charge in [-0.25, -0.2) is 0 Å². The first-order valence-electron chi connectivity index (χ1n) is 6.15. The summed E-state index contributed by atoms with van der Waals surface area (Å²) in [6.45, 7) is 2.72. The van der Waals surface area contributed by atoms with Crippen LogP contribution in [-0.2, 0) is 4.74 Å². The highest BCUT2D eigenvalue weighted by Gasteiger charge is 2.31. The van der Waals surface area contributed by atoms with Gasteiger partial charge in [-0.3, -0.25) is 9.78 Å². The molecule has 0 radical (unpaired) electrons. The third-order valence-electron chi connectivity index (χ3n) is 3.47. The molecule has 1 aromatic heterocycles. The summed E-state index contributed by atoms with van der Waals surface area (Å²) in [7, 11) is 3.62. The van der Waals surface area contributed by atoms with Gasteiger partial charge in [0.15, 0.2) is 0 Å². The van der Waals surface area contributed by atoms with Crippen molar-refractivity contribution in [2.45, 2.75) is 25.5 Å². The Morgan fingerprint density at radius 1 is 1.61 bits per heavy atom. The second-order valence-corrected chi connectivity index (χ2v) is 4.52. The van der Waals surface area contributed by atoms with Crippen LogP contribution in [0.3, 0.4) is 0 Å². The molecule has 2 unspecified atom stereocenters. The van der Waals surface area contributed by atoms with Gasteiger partial charge in [-0.15, -0.1) is 0 Å². The van der Waals surface area contributed by atoms with E-state index in [-0.39, 0.29) is 18.1 Å². The molecule has 5 nitrogen and oxygen atoms in total. The third-order valence-corrected chi connectivity index (χ3v) is 3.47. The van der Waals surface area contributed by atoms with Crippen LogP contribution in [0.2, 0.25) is 0 Å². The van der Waals surface area contributed by atoms with E-state index in [0.717, 1.165) is 18.7 Å². The topological polar surface area (TPSA) is 54.5 Å². The molecule has 2 atom stereocenters. The van der Waals surface area contributed by atoms with Gasteiger partial charge in [0.25, 0.3) is 5.91 Å². The summed E-state index contributed by atoms with van der Waals surface area (Å²) < 4.78 is 5.50. The molecule has 1 aliphatic rings. The fourth-order valence-electron chi connectivity index (χ4n) is 2.35. The van der Waals surface area contributed by atoms with Crippen molar-refractivity contribution < 1.29 is 9.53 Å². The van der Waals surface area contributed by atoms with Crippen molar-refractivity contribution in [1.29, 1.82) is 0 Å². The van der Waals surface area contributed by atoms with Crippen LogP contribution < -0.4 is 5.32 Å². The Morgan fingerprint density at radius 3 is 3.00 bits per heavy atom. The van der Waals surface area contributed by atoms with E-state index in [1.807, 2.05) is 14.0 Å². The molecular formula is C13H19N3O2. The smallest absolute Gasteiger partial charge is 0.257 e.